The van der Waals surface area contributed by atoms with Crippen molar-refractivity contribution in [1.29, 1.82) is 0 Å². The Bertz CT molecular complexity index is 853. The Balaban J connectivity index is 0.000000443. The second-order valence-electron chi connectivity index (χ2n) is 8.27. The van der Waals surface area contributed by atoms with Crippen molar-refractivity contribution in [3.8, 4) is 11.1 Å². The summed E-state index contributed by atoms with van der Waals surface area (Å²) in [5, 5.41) is 0. The molecule has 0 spiro atoms. The third-order valence-corrected chi connectivity index (χ3v) is 4.46. The number of rotatable bonds is 0. The molecule has 4 rings (SSSR count). The molecule has 0 nitrogen and oxygen atoms in total. The van der Waals surface area contributed by atoms with Crippen LogP contribution in [0.3, 0.4) is 0 Å². The van der Waals surface area contributed by atoms with E-state index in [0.29, 0.717) is 5.41 Å². The maximum atomic E-state index is 3.30. The monoisotopic (exact) mass is 502 g/mol. The van der Waals surface area contributed by atoms with Crippen molar-refractivity contribution >= 4 is 3.21 Å². The van der Waals surface area contributed by atoms with Gasteiger partial charge >= 0.3 is 41.3 Å². The van der Waals surface area contributed by atoms with Crippen LogP contribution in [0.2, 0.25) is 0 Å². The van der Waals surface area contributed by atoms with Gasteiger partial charge in [0.15, 0.2) is 0 Å². The van der Waals surface area contributed by atoms with Crippen LogP contribution in [-0.2, 0) is 36.1 Å². The number of halogens is 2. The number of benzene rings is 2. The van der Waals surface area contributed by atoms with E-state index in [9.17, 15) is 0 Å². The van der Waals surface area contributed by atoms with Gasteiger partial charge in [-0.05, 0) is 6.42 Å². The molecule has 1 aliphatic rings. The van der Waals surface area contributed by atoms with Crippen LogP contribution in [0.5, 0.6) is 0 Å². The van der Waals surface area contributed by atoms with Gasteiger partial charge in [-0.2, -0.15) is 53.1 Å². The Labute approximate surface area is 204 Å². The van der Waals surface area contributed by atoms with Crippen molar-refractivity contribution in [2.45, 2.75) is 53.4 Å². The summed E-state index contributed by atoms with van der Waals surface area (Å²) >= 11 is 1.55. The van der Waals surface area contributed by atoms with E-state index in [1.165, 1.54) is 36.6 Å². The quantitative estimate of drug-likeness (QED) is 0.311. The van der Waals surface area contributed by atoms with Crippen LogP contribution in [0.15, 0.2) is 60.7 Å². The number of hydrogen-bond donors (Lipinski definition) is 0. The SMILES string of the molecule is C[C](C)=[Zr+2].Cc1[cH-]ccc1C(C)(C)C.[Cl-].[Cl-].[c-]1cccc2c1Cc1ccccc1-2. The standard InChI is InChI=1S/C13H9.C10H15.C3H6.2ClH.Zr/c1-3-7-12-10(5-1)9-11-6-2-4-8-13(11)12;1-8-6-5-7-9(8)10(2,3)4;1-3-2;;;/h1-5,7-8H,9H2;5-7H,1-4H3;1-2H3;2*1H;/q2*-1;;;;+2/p-2. The average molecular weight is 505 g/mol. The van der Waals surface area contributed by atoms with Crippen LogP contribution in [0.1, 0.15) is 56.9 Å². The van der Waals surface area contributed by atoms with Crippen LogP contribution in [0.4, 0.5) is 0 Å². The molecule has 0 bridgehead atoms. The van der Waals surface area contributed by atoms with Gasteiger partial charge in [0, 0.05) is 0 Å². The molecule has 0 amide bonds. The van der Waals surface area contributed by atoms with Crippen molar-refractivity contribution < 1.29 is 49.0 Å². The zero-order valence-electron chi connectivity index (χ0n) is 18.2. The first-order valence-corrected chi connectivity index (χ1v) is 10.8. The van der Waals surface area contributed by atoms with Crippen LogP contribution in [0.25, 0.3) is 11.1 Å². The Morgan fingerprint density at radius 2 is 1.55 bits per heavy atom. The molecule has 0 fully saturated rings. The summed E-state index contributed by atoms with van der Waals surface area (Å²) in [4.78, 5) is 0. The summed E-state index contributed by atoms with van der Waals surface area (Å²) in [6, 6.07) is 24.6. The molecule has 0 aliphatic heterocycles. The van der Waals surface area contributed by atoms with Gasteiger partial charge in [-0.1, -0.05) is 68.5 Å². The predicted octanol–water partition coefficient (Wildman–Crippen LogP) is 0.823. The van der Waals surface area contributed by atoms with Crippen LogP contribution in [-0.4, -0.2) is 3.21 Å². The average Bonchev–Trinajstić information content (AvgIpc) is 3.18. The molecule has 0 saturated heterocycles. The Hall–Kier alpha value is -0.877. The summed E-state index contributed by atoms with van der Waals surface area (Å²) in [6.07, 6.45) is 1.05. The van der Waals surface area contributed by atoms with E-state index in [-0.39, 0.29) is 24.8 Å². The summed E-state index contributed by atoms with van der Waals surface area (Å²) in [7, 11) is 0. The molecule has 0 saturated carbocycles. The Morgan fingerprint density at radius 3 is 2.07 bits per heavy atom. The second-order valence-corrected chi connectivity index (χ2v) is 10.7. The molecule has 0 radical (unpaired) electrons. The van der Waals surface area contributed by atoms with E-state index >= 15 is 0 Å². The maximum Gasteiger partial charge on any atom is -0.0253 e. The molecular weight excluding hydrogens is 474 g/mol. The van der Waals surface area contributed by atoms with Crippen molar-refractivity contribution in [3.05, 3.63) is 89.0 Å². The molecule has 0 unspecified atom stereocenters. The molecule has 154 valence electrons. The third kappa shape index (κ3) is 8.41. The van der Waals surface area contributed by atoms with E-state index in [4.69, 9.17) is 0 Å². The first kappa shape index (κ1) is 28.1. The van der Waals surface area contributed by atoms with Gasteiger partial charge in [0.25, 0.3) is 0 Å². The summed E-state index contributed by atoms with van der Waals surface area (Å²) in [6.45, 7) is 13.2. The molecule has 0 atom stereocenters. The zero-order valence-corrected chi connectivity index (χ0v) is 22.2. The maximum absolute atomic E-state index is 3.30. The first-order chi connectivity index (χ1) is 12.7. The number of fused-ring (bicyclic) bond motifs is 3. The Morgan fingerprint density at radius 1 is 0.966 bits per heavy atom. The van der Waals surface area contributed by atoms with Crippen molar-refractivity contribution in [2.75, 3.05) is 0 Å². The molecule has 1 aliphatic carbocycles. The third-order valence-electron chi connectivity index (χ3n) is 4.46. The molecule has 3 heteroatoms. The van der Waals surface area contributed by atoms with E-state index in [1.54, 1.807) is 24.2 Å². The minimum Gasteiger partial charge on any atom is -1.00 e. The second kappa shape index (κ2) is 12.7. The number of hydrogen-bond acceptors (Lipinski definition) is 0. The van der Waals surface area contributed by atoms with Gasteiger partial charge in [0.1, 0.15) is 0 Å². The normalized spacial score (nSPS) is 10.6. The molecule has 3 aromatic rings. The van der Waals surface area contributed by atoms with Crippen LogP contribution >= 0.6 is 0 Å². The van der Waals surface area contributed by atoms with Gasteiger partial charge in [-0.3, -0.25) is 0 Å². The topological polar surface area (TPSA) is 0 Å². The van der Waals surface area contributed by atoms with Gasteiger partial charge in [0.2, 0.25) is 0 Å². The zero-order chi connectivity index (χ0) is 20.0. The molecule has 0 aromatic heterocycles. The molecule has 3 aromatic carbocycles. The van der Waals surface area contributed by atoms with E-state index < -0.39 is 0 Å². The summed E-state index contributed by atoms with van der Waals surface area (Å²) in [5.74, 6) is 0. The molecule has 29 heavy (non-hydrogen) atoms. The van der Waals surface area contributed by atoms with Gasteiger partial charge in [-0.15, -0.1) is 5.56 Å². The minimum atomic E-state index is 0. The van der Waals surface area contributed by atoms with E-state index in [2.05, 4.69) is 102 Å². The predicted molar refractivity (Wildman–Crippen MR) is 115 cm³/mol. The van der Waals surface area contributed by atoms with E-state index in [1.807, 2.05) is 6.07 Å². The van der Waals surface area contributed by atoms with Crippen LogP contribution in [0, 0.1) is 13.0 Å². The molecular formula is C26H30Cl2Zr-2. The Kier molecular flexibility index (Phi) is 12.4. The van der Waals surface area contributed by atoms with Crippen molar-refractivity contribution in [1.82, 2.24) is 0 Å². The fourth-order valence-electron chi connectivity index (χ4n) is 3.35. The largest absolute Gasteiger partial charge is 1.00 e. The smallest absolute Gasteiger partial charge is 0.0253 e. The van der Waals surface area contributed by atoms with Gasteiger partial charge in [0.05, 0.1) is 0 Å². The fourth-order valence-corrected chi connectivity index (χ4v) is 3.35. The van der Waals surface area contributed by atoms with Crippen molar-refractivity contribution in [3.63, 3.8) is 0 Å². The fraction of sp³-hybridized carbons (Fsp3) is 0.308. The van der Waals surface area contributed by atoms with E-state index in [0.717, 1.165) is 6.42 Å². The molecule has 0 N–H and O–H groups in total. The van der Waals surface area contributed by atoms with Crippen LogP contribution < -0.4 is 24.8 Å². The number of aryl methyl sites for hydroxylation is 1. The van der Waals surface area contributed by atoms with Gasteiger partial charge < -0.3 is 24.8 Å². The van der Waals surface area contributed by atoms with Gasteiger partial charge in [-0.25, -0.2) is 6.07 Å². The summed E-state index contributed by atoms with van der Waals surface area (Å²) < 4.78 is 1.51. The minimum absolute atomic E-state index is 0. The van der Waals surface area contributed by atoms with Crippen molar-refractivity contribution in [2.24, 2.45) is 0 Å². The first-order valence-electron chi connectivity index (χ1n) is 9.52. The molecule has 0 heterocycles. The summed E-state index contributed by atoms with van der Waals surface area (Å²) in [5.41, 5.74) is 8.70.